The molecule has 0 unspecified atom stereocenters. The van der Waals surface area contributed by atoms with Gasteiger partial charge in [0.1, 0.15) is 11.5 Å². The molecule has 1 amide bonds. The standard InChI is InChI=1S/C25H25N5O3/c1-2-29(16-21(31)27-20-13-12-18-10-6-7-11-19(18)14-20)22-23(26)30(25(33)28-24(22)32)15-17-8-4-3-5-9-17/h3-14H,2,15-16,26H2,1H3,(H,27,31)(H,28,32,33). The van der Waals surface area contributed by atoms with Crippen LogP contribution in [-0.4, -0.2) is 28.5 Å². The van der Waals surface area contributed by atoms with E-state index in [1.165, 1.54) is 4.57 Å². The number of aromatic amines is 1. The number of carbonyl (C=O) groups excluding carboxylic acids is 1. The number of aromatic nitrogens is 2. The van der Waals surface area contributed by atoms with E-state index >= 15 is 0 Å². The van der Waals surface area contributed by atoms with Gasteiger partial charge in [0, 0.05) is 12.2 Å². The van der Waals surface area contributed by atoms with Crippen LogP contribution in [0.1, 0.15) is 12.5 Å². The minimum atomic E-state index is -0.623. The Bertz CT molecular complexity index is 1410. The maximum atomic E-state index is 12.8. The lowest BCUT2D eigenvalue weighted by Gasteiger charge is -2.24. The first-order valence-electron chi connectivity index (χ1n) is 10.7. The van der Waals surface area contributed by atoms with Crippen LogP contribution in [-0.2, 0) is 11.3 Å². The van der Waals surface area contributed by atoms with Crippen LogP contribution in [0.15, 0.2) is 82.4 Å². The second-order valence-corrected chi connectivity index (χ2v) is 7.69. The zero-order valence-electron chi connectivity index (χ0n) is 18.2. The van der Waals surface area contributed by atoms with Gasteiger partial charge in [0.25, 0.3) is 5.56 Å². The quantitative estimate of drug-likeness (QED) is 0.407. The Morgan fingerprint density at radius 2 is 1.70 bits per heavy atom. The SMILES string of the molecule is CCN(CC(=O)Nc1ccc2ccccc2c1)c1c(N)n(Cc2ccccc2)c(=O)[nH]c1=O. The molecule has 1 heterocycles. The zero-order valence-corrected chi connectivity index (χ0v) is 18.2. The summed E-state index contributed by atoms with van der Waals surface area (Å²) >= 11 is 0. The Kier molecular flexibility index (Phi) is 6.26. The third-order valence-electron chi connectivity index (χ3n) is 5.46. The van der Waals surface area contributed by atoms with Crippen LogP contribution in [0.2, 0.25) is 0 Å². The molecule has 8 nitrogen and oxygen atoms in total. The Morgan fingerprint density at radius 3 is 2.42 bits per heavy atom. The number of nitrogens with two attached hydrogens (primary N) is 1. The summed E-state index contributed by atoms with van der Waals surface area (Å²) in [5, 5.41) is 4.96. The van der Waals surface area contributed by atoms with Gasteiger partial charge in [-0.3, -0.25) is 19.1 Å². The molecule has 4 N–H and O–H groups in total. The van der Waals surface area contributed by atoms with Crippen LogP contribution in [0.5, 0.6) is 0 Å². The van der Waals surface area contributed by atoms with Crippen LogP contribution < -0.4 is 27.2 Å². The van der Waals surface area contributed by atoms with Crippen molar-refractivity contribution < 1.29 is 4.79 Å². The molecule has 8 heteroatoms. The number of hydrogen-bond donors (Lipinski definition) is 3. The third-order valence-corrected chi connectivity index (χ3v) is 5.46. The van der Waals surface area contributed by atoms with E-state index < -0.39 is 11.2 Å². The highest BCUT2D eigenvalue weighted by Crippen LogP contribution is 2.20. The van der Waals surface area contributed by atoms with Gasteiger partial charge < -0.3 is 16.0 Å². The summed E-state index contributed by atoms with van der Waals surface area (Å²) in [5.41, 5.74) is 6.67. The smallest absolute Gasteiger partial charge is 0.330 e. The van der Waals surface area contributed by atoms with E-state index in [0.29, 0.717) is 12.2 Å². The largest absolute Gasteiger partial charge is 0.383 e. The average Bonchev–Trinajstić information content (AvgIpc) is 2.81. The minimum absolute atomic E-state index is 0.0213. The van der Waals surface area contributed by atoms with Crippen molar-refractivity contribution in [2.75, 3.05) is 29.0 Å². The molecular weight excluding hydrogens is 418 g/mol. The molecule has 1 aromatic heterocycles. The van der Waals surface area contributed by atoms with Gasteiger partial charge in [0.2, 0.25) is 5.91 Å². The lowest BCUT2D eigenvalue weighted by atomic mass is 10.1. The number of nitrogens with one attached hydrogen (secondary N) is 2. The molecule has 0 aliphatic heterocycles. The molecule has 3 aromatic carbocycles. The molecule has 168 valence electrons. The number of nitrogens with zero attached hydrogens (tertiary/aromatic N) is 2. The number of nitrogen functional groups attached to an aromatic ring is 1. The van der Waals surface area contributed by atoms with Crippen LogP contribution in [0.3, 0.4) is 0 Å². The molecule has 33 heavy (non-hydrogen) atoms. The number of fused-ring (bicyclic) bond motifs is 1. The van der Waals surface area contributed by atoms with Gasteiger partial charge in [0.05, 0.1) is 13.1 Å². The molecule has 0 aliphatic rings. The van der Waals surface area contributed by atoms with Gasteiger partial charge in [-0.25, -0.2) is 4.79 Å². The zero-order chi connectivity index (χ0) is 23.4. The van der Waals surface area contributed by atoms with Crippen molar-refractivity contribution in [1.29, 1.82) is 0 Å². The number of likely N-dealkylation sites (N-methyl/N-ethyl adjacent to an activating group) is 1. The fourth-order valence-corrected chi connectivity index (χ4v) is 3.80. The highest BCUT2D eigenvalue weighted by Gasteiger charge is 2.20. The summed E-state index contributed by atoms with van der Waals surface area (Å²) in [6, 6.07) is 22.9. The van der Waals surface area contributed by atoms with Gasteiger partial charge in [-0.15, -0.1) is 0 Å². The molecular formula is C25H25N5O3. The minimum Gasteiger partial charge on any atom is -0.383 e. The summed E-state index contributed by atoms with van der Waals surface area (Å²) < 4.78 is 1.30. The van der Waals surface area contributed by atoms with Crippen LogP contribution in [0.4, 0.5) is 17.2 Å². The predicted octanol–water partition coefficient (Wildman–Crippen LogP) is 2.79. The van der Waals surface area contributed by atoms with E-state index in [-0.39, 0.29) is 30.5 Å². The second-order valence-electron chi connectivity index (χ2n) is 7.69. The van der Waals surface area contributed by atoms with Crippen molar-refractivity contribution in [3.05, 3.63) is 99.2 Å². The summed E-state index contributed by atoms with van der Waals surface area (Å²) in [7, 11) is 0. The van der Waals surface area contributed by atoms with Crippen LogP contribution in [0.25, 0.3) is 10.8 Å². The summed E-state index contributed by atoms with van der Waals surface area (Å²) in [4.78, 5) is 41.7. The lowest BCUT2D eigenvalue weighted by Crippen LogP contribution is -2.41. The molecule has 0 saturated carbocycles. The number of anilines is 3. The van der Waals surface area contributed by atoms with E-state index in [0.717, 1.165) is 16.3 Å². The Hall–Kier alpha value is -4.33. The fraction of sp³-hybridized carbons (Fsp3) is 0.160. The molecule has 0 saturated heterocycles. The maximum Gasteiger partial charge on any atom is 0.330 e. The number of benzene rings is 3. The first-order valence-corrected chi connectivity index (χ1v) is 10.7. The van der Waals surface area contributed by atoms with Gasteiger partial charge in [-0.1, -0.05) is 60.7 Å². The lowest BCUT2D eigenvalue weighted by molar-refractivity contribution is -0.115. The molecule has 0 aliphatic carbocycles. The Morgan fingerprint density at radius 1 is 1.00 bits per heavy atom. The van der Waals surface area contributed by atoms with Gasteiger partial charge in [0.15, 0.2) is 0 Å². The average molecular weight is 444 g/mol. The first kappa shape index (κ1) is 21.9. The van der Waals surface area contributed by atoms with Crippen molar-refractivity contribution in [3.63, 3.8) is 0 Å². The fourth-order valence-electron chi connectivity index (χ4n) is 3.80. The van der Waals surface area contributed by atoms with Crippen LogP contribution >= 0.6 is 0 Å². The Balaban J connectivity index is 1.58. The normalized spacial score (nSPS) is 10.8. The van der Waals surface area contributed by atoms with Crippen molar-refractivity contribution in [3.8, 4) is 0 Å². The van der Waals surface area contributed by atoms with E-state index in [1.807, 2.05) is 79.7 Å². The molecule has 0 spiro atoms. The predicted molar refractivity (Wildman–Crippen MR) is 132 cm³/mol. The molecule has 4 aromatic rings. The summed E-state index contributed by atoms with van der Waals surface area (Å²) in [6.45, 7) is 2.27. The second kappa shape index (κ2) is 9.44. The van der Waals surface area contributed by atoms with E-state index in [4.69, 9.17) is 5.73 Å². The molecule has 4 rings (SSSR count). The third kappa shape index (κ3) is 4.79. The summed E-state index contributed by atoms with van der Waals surface area (Å²) in [6.07, 6.45) is 0. The van der Waals surface area contributed by atoms with Crippen molar-refractivity contribution >= 4 is 33.9 Å². The number of carbonyl (C=O) groups is 1. The Labute approximate surface area is 190 Å². The van der Waals surface area contributed by atoms with Gasteiger partial charge in [-0.05, 0) is 35.4 Å². The molecule has 0 bridgehead atoms. The summed E-state index contributed by atoms with van der Waals surface area (Å²) in [5.74, 6) is -0.278. The molecule has 0 radical (unpaired) electrons. The number of rotatable bonds is 7. The van der Waals surface area contributed by atoms with E-state index in [9.17, 15) is 14.4 Å². The van der Waals surface area contributed by atoms with Crippen molar-refractivity contribution in [2.45, 2.75) is 13.5 Å². The number of amides is 1. The molecule has 0 fully saturated rings. The van der Waals surface area contributed by atoms with E-state index in [1.54, 1.807) is 4.90 Å². The monoisotopic (exact) mass is 443 g/mol. The molecule has 0 atom stereocenters. The number of hydrogen-bond acceptors (Lipinski definition) is 5. The van der Waals surface area contributed by atoms with Crippen molar-refractivity contribution in [1.82, 2.24) is 9.55 Å². The van der Waals surface area contributed by atoms with Gasteiger partial charge >= 0.3 is 5.69 Å². The van der Waals surface area contributed by atoms with E-state index in [2.05, 4.69) is 10.3 Å². The van der Waals surface area contributed by atoms with Crippen molar-refractivity contribution in [2.24, 2.45) is 0 Å². The highest BCUT2D eigenvalue weighted by molar-refractivity contribution is 5.97. The van der Waals surface area contributed by atoms with Gasteiger partial charge in [-0.2, -0.15) is 0 Å². The highest BCUT2D eigenvalue weighted by atomic mass is 16.2. The first-order chi connectivity index (χ1) is 16.0. The number of H-pyrrole nitrogens is 1. The maximum absolute atomic E-state index is 12.8. The topological polar surface area (TPSA) is 113 Å². The van der Waals surface area contributed by atoms with Crippen LogP contribution in [0, 0.1) is 0 Å².